The number of alkyl halides is 3. The van der Waals surface area contributed by atoms with Crippen LogP contribution in [0.4, 0.5) is 13.2 Å². The van der Waals surface area contributed by atoms with Crippen molar-refractivity contribution in [1.29, 1.82) is 5.26 Å². The zero-order valence-electron chi connectivity index (χ0n) is 14.1. The average molecular weight is 352 g/mol. The number of rotatable bonds is 3. The molecule has 2 aliphatic rings. The van der Waals surface area contributed by atoms with E-state index in [-0.39, 0.29) is 17.7 Å². The number of benzene rings is 1. The van der Waals surface area contributed by atoms with Crippen molar-refractivity contribution in [3.8, 4) is 11.8 Å². The van der Waals surface area contributed by atoms with E-state index in [4.69, 9.17) is 10.00 Å². The second-order valence-corrected chi connectivity index (χ2v) is 7.35. The maximum Gasteiger partial charge on any atom is 0.417 e. The van der Waals surface area contributed by atoms with Crippen LogP contribution in [0, 0.1) is 16.7 Å². The van der Waals surface area contributed by atoms with Crippen LogP contribution in [0.1, 0.15) is 44.2 Å². The van der Waals surface area contributed by atoms with E-state index < -0.39 is 28.8 Å². The molecule has 0 spiro atoms. The second-order valence-electron chi connectivity index (χ2n) is 7.35. The Labute approximate surface area is 144 Å². The Morgan fingerprint density at radius 2 is 2.00 bits per heavy atom. The van der Waals surface area contributed by atoms with Gasteiger partial charge in [0.25, 0.3) is 5.91 Å². The first-order chi connectivity index (χ1) is 11.6. The summed E-state index contributed by atoms with van der Waals surface area (Å²) in [5.41, 5.74) is -2.02. The second kappa shape index (κ2) is 5.94. The van der Waals surface area contributed by atoms with Crippen LogP contribution in [0.5, 0.6) is 5.75 Å². The number of amides is 1. The molecule has 0 radical (unpaired) electrons. The molecule has 1 heterocycles. The molecule has 3 rings (SSSR count). The highest BCUT2D eigenvalue weighted by atomic mass is 19.4. The Bertz CT molecular complexity index is 733. The van der Waals surface area contributed by atoms with E-state index >= 15 is 0 Å². The van der Waals surface area contributed by atoms with Crippen LogP contribution in [0.15, 0.2) is 18.2 Å². The van der Waals surface area contributed by atoms with Gasteiger partial charge in [-0.3, -0.25) is 4.79 Å². The quantitative estimate of drug-likeness (QED) is 0.833. The summed E-state index contributed by atoms with van der Waals surface area (Å²) in [5.74, 6) is -0.221. The smallest absolute Gasteiger partial charge is 0.417 e. The molecule has 0 N–H and O–H groups in total. The summed E-state index contributed by atoms with van der Waals surface area (Å²) >= 11 is 0. The van der Waals surface area contributed by atoms with Gasteiger partial charge in [-0.05, 0) is 37.5 Å². The molecule has 1 unspecified atom stereocenters. The molecule has 1 saturated carbocycles. The Morgan fingerprint density at radius 1 is 1.32 bits per heavy atom. The summed E-state index contributed by atoms with van der Waals surface area (Å²) in [6, 6.07) is 4.94. The Kier molecular flexibility index (Phi) is 4.18. The molecule has 134 valence electrons. The number of ether oxygens (including phenoxy) is 1. The van der Waals surface area contributed by atoms with Crippen molar-refractivity contribution < 1.29 is 22.7 Å². The van der Waals surface area contributed by atoms with Crippen LogP contribution in [0.3, 0.4) is 0 Å². The fraction of sp³-hybridized carbons (Fsp3) is 0.556. The van der Waals surface area contributed by atoms with Crippen molar-refractivity contribution in [2.24, 2.45) is 5.41 Å². The molecule has 0 aromatic heterocycles. The number of likely N-dealkylation sites (tertiary alicyclic amines) is 1. The Balaban J connectivity index is 1.86. The number of nitriles is 1. The van der Waals surface area contributed by atoms with Gasteiger partial charge in [0.15, 0.2) is 6.10 Å². The van der Waals surface area contributed by atoms with Crippen LogP contribution < -0.4 is 4.74 Å². The minimum atomic E-state index is -4.66. The van der Waals surface area contributed by atoms with Crippen molar-refractivity contribution in [3.05, 3.63) is 29.3 Å². The Hall–Kier alpha value is -2.23. The van der Waals surface area contributed by atoms with E-state index in [2.05, 4.69) is 0 Å². The molecule has 1 aromatic rings. The van der Waals surface area contributed by atoms with Crippen molar-refractivity contribution in [1.82, 2.24) is 4.90 Å². The Morgan fingerprint density at radius 3 is 2.52 bits per heavy atom. The molecular weight excluding hydrogens is 333 g/mol. The molecule has 4 nitrogen and oxygen atoms in total. The van der Waals surface area contributed by atoms with E-state index in [9.17, 15) is 18.0 Å². The number of hydrogen-bond donors (Lipinski definition) is 0. The van der Waals surface area contributed by atoms with Crippen molar-refractivity contribution in [2.45, 2.75) is 51.4 Å². The van der Waals surface area contributed by atoms with Crippen LogP contribution in [-0.4, -0.2) is 29.5 Å². The highest BCUT2D eigenvalue weighted by Gasteiger charge is 2.51. The molecule has 1 aliphatic heterocycles. The van der Waals surface area contributed by atoms with E-state index in [1.54, 1.807) is 4.90 Å². The van der Waals surface area contributed by atoms with Gasteiger partial charge >= 0.3 is 6.18 Å². The minimum absolute atomic E-state index is 0.0480. The minimum Gasteiger partial charge on any atom is -0.480 e. The van der Waals surface area contributed by atoms with Gasteiger partial charge in [0.1, 0.15) is 5.75 Å². The first-order valence-corrected chi connectivity index (χ1v) is 8.22. The molecule has 1 amide bonds. The fourth-order valence-corrected chi connectivity index (χ4v) is 3.37. The van der Waals surface area contributed by atoms with E-state index in [1.807, 2.05) is 13.8 Å². The molecule has 7 heteroatoms. The van der Waals surface area contributed by atoms with Crippen LogP contribution in [0.25, 0.3) is 0 Å². The maximum absolute atomic E-state index is 13.1. The van der Waals surface area contributed by atoms with Crippen molar-refractivity contribution in [2.75, 3.05) is 6.54 Å². The molecule has 1 aliphatic carbocycles. The van der Waals surface area contributed by atoms with E-state index in [0.717, 1.165) is 31.4 Å². The molecule has 25 heavy (non-hydrogen) atoms. The van der Waals surface area contributed by atoms with Gasteiger partial charge in [0.05, 0.1) is 17.2 Å². The van der Waals surface area contributed by atoms with Crippen molar-refractivity contribution >= 4 is 5.91 Å². The highest BCUT2D eigenvalue weighted by molar-refractivity contribution is 5.85. The van der Waals surface area contributed by atoms with Gasteiger partial charge in [-0.1, -0.05) is 13.8 Å². The predicted molar refractivity (Wildman–Crippen MR) is 83.7 cm³/mol. The normalized spacial score (nSPS) is 23.3. The van der Waals surface area contributed by atoms with Gasteiger partial charge in [-0.15, -0.1) is 0 Å². The third kappa shape index (κ3) is 3.17. The zero-order chi connectivity index (χ0) is 18.4. The summed E-state index contributed by atoms with van der Waals surface area (Å²) in [7, 11) is 0. The fourth-order valence-electron chi connectivity index (χ4n) is 3.37. The lowest BCUT2D eigenvalue weighted by Crippen LogP contribution is -2.43. The van der Waals surface area contributed by atoms with Crippen LogP contribution >= 0.6 is 0 Å². The number of carbonyl (C=O) groups excluding carboxylic acids is 1. The lowest BCUT2D eigenvalue weighted by molar-refractivity contribution is -0.138. The summed E-state index contributed by atoms with van der Waals surface area (Å²) in [6.45, 7) is 4.29. The molecule has 1 aromatic carbocycles. The first kappa shape index (κ1) is 17.6. The number of nitrogens with zero attached hydrogens (tertiary/aromatic N) is 2. The number of hydrogen-bond acceptors (Lipinski definition) is 3. The van der Waals surface area contributed by atoms with E-state index in [0.29, 0.717) is 6.54 Å². The molecular formula is C18H19F3N2O2. The van der Waals surface area contributed by atoms with Gasteiger partial charge in [0.2, 0.25) is 0 Å². The lowest BCUT2D eigenvalue weighted by Gasteiger charge is -2.35. The molecule has 1 atom stereocenters. The van der Waals surface area contributed by atoms with Gasteiger partial charge in [-0.25, -0.2) is 0 Å². The predicted octanol–water partition coefficient (Wildman–Crippen LogP) is 3.75. The molecule has 2 fully saturated rings. The van der Waals surface area contributed by atoms with Gasteiger partial charge in [-0.2, -0.15) is 18.4 Å². The third-order valence-electron chi connectivity index (χ3n) is 4.98. The lowest BCUT2D eigenvalue weighted by atomic mass is 9.89. The summed E-state index contributed by atoms with van der Waals surface area (Å²) in [4.78, 5) is 14.5. The summed E-state index contributed by atoms with van der Waals surface area (Å²) in [5, 5.41) is 8.86. The number of carbonyl (C=O) groups is 1. The molecule has 0 bridgehead atoms. The van der Waals surface area contributed by atoms with Crippen LogP contribution in [-0.2, 0) is 11.0 Å². The standard InChI is InChI=1S/C18H19F3N2O2/c1-17(2)10-23(12-4-3-5-12)16(24)15(17)25-13-7-6-11(9-22)14(8-13)18(19,20)21/h6-8,12,15H,3-5,10H2,1-2H3. The molecule has 1 saturated heterocycles. The maximum atomic E-state index is 13.1. The number of halogens is 3. The highest BCUT2D eigenvalue weighted by Crippen LogP contribution is 2.40. The van der Waals surface area contributed by atoms with Crippen LogP contribution in [0.2, 0.25) is 0 Å². The van der Waals surface area contributed by atoms with E-state index in [1.165, 1.54) is 12.1 Å². The average Bonchev–Trinajstić information content (AvgIpc) is 2.68. The topological polar surface area (TPSA) is 53.3 Å². The van der Waals surface area contributed by atoms with Crippen molar-refractivity contribution in [3.63, 3.8) is 0 Å². The summed E-state index contributed by atoms with van der Waals surface area (Å²) in [6.07, 6.45) is -2.47. The van der Waals surface area contributed by atoms with Gasteiger partial charge in [0, 0.05) is 18.0 Å². The third-order valence-corrected chi connectivity index (χ3v) is 4.98. The summed E-state index contributed by atoms with van der Waals surface area (Å²) < 4.78 is 45.0. The largest absolute Gasteiger partial charge is 0.480 e. The zero-order valence-corrected chi connectivity index (χ0v) is 14.1. The first-order valence-electron chi connectivity index (χ1n) is 8.22. The monoisotopic (exact) mass is 352 g/mol. The SMILES string of the molecule is CC1(C)CN(C2CCC2)C(=O)C1Oc1ccc(C#N)c(C(F)(F)F)c1. The van der Waals surface area contributed by atoms with Gasteiger partial charge < -0.3 is 9.64 Å².